The number of hydrogen-bond donors (Lipinski definition) is 0. The van der Waals surface area contributed by atoms with Crippen molar-refractivity contribution in [2.75, 3.05) is 6.61 Å². The van der Waals surface area contributed by atoms with E-state index in [9.17, 15) is 18.0 Å². The number of carbonyl (C=O) groups is 1. The topological polar surface area (TPSA) is 35.5 Å². The molecule has 72 valence electrons. The lowest BCUT2D eigenvalue weighted by molar-refractivity contribution is -0.165. The molecule has 0 spiro atoms. The van der Waals surface area contributed by atoms with Crippen LogP contribution in [0.25, 0.3) is 0 Å². The summed E-state index contributed by atoms with van der Waals surface area (Å²) in [4.78, 5) is 10.3. The van der Waals surface area contributed by atoms with Gasteiger partial charge in [0.2, 0.25) is 0 Å². The lowest BCUT2D eigenvalue weighted by Crippen LogP contribution is -2.21. The maximum Gasteiger partial charge on any atom is 0.510 e. The Bertz CT molecular complexity index is 157. The van der Waals surface area contributed by atoms with Crippen molar-refractivity contribution < 1.29 is 27.4 Å². The van der Waals surface area contributed by atoms with Crippen molar-refractivity contribution in [1.82, 2.24) is 0 Å². The second-order valence-electron chi connectivity index (χ2n) is 1.81. The third kappa shape index (κ3) is 7.46. The lowest BCUT2D eigenvalue weighted by Gasteiger charge is -2.08. The highest BCUT2D eigenvalue weighted by Crippen LogP contribution is 2.15. The molecular weight excluding hydrogens is 200 g/mol. The van der Waals surface area contributed by atoms with Crippen LogP contribution < -0.4 is 0 Å². The number of carbonyl (C=O) groups excluding carboxylic acids is 1. The molecule has 0 aromatic carbocycles. The second-order valence-corrected chi connectivity index (χ2v) is 2.43. The summed E-state index contributed by atoms with van der Waals surface area (Å²) in [5.41, 5.74) is -1.01. The van der Waals surface area contributed by atoms with Gasteiger partial charge in [0.05, 0.1) is 0 Å². The van der Waals surface area contributed by atoms with E-state index < -0.39 is 24.5 Å². The first-order valence-electron chi connectivity index (χ1n) is 2.85. The Morgan fingerprint density at radius 1 is 1.58 bits per heavy atom. The summed E-state index contributed by atoms with van der Waals surface area (Å²) < 4.78 is 41.9. The molecule has 0 N–H and O–H groups in total. The first kappa shape index (κ1) is 11.4. The van der Waals surface area contributed by atoms with Crippen LogP contribution in [0.5, 0.6) is 0 Å². The van der Waals surface area contributed by atoms with Crippen molar-refractivity contribution in [3.63, 3.8) is 0 Å². The zero-order valence-electron chi connectivity index (χ0n) is 6.02. The predicted molar refractivity (Wildman–Crippen MR) is 33.8 cm³/mol. The molecule has 1 atom stereocenters. The third-order valence-electron chi connectivity index (χ3n) is 0.612. The highest BCUT2D eigenvalue weighted by molar-refractivity contribution is 6.19. The zero-order chi connectivity index (χ0) is 9.78. The second kappa shape index (κ2) is 4.39. The molecule has 0 fully saturated rings. The molecule has 0 aliphatic heterocycles. The van der Waals surface area contributed by atoms with E-state index in [0.29, 0.717) is 0 Å². The predicted octanol–water partition coefficient (Wildman–Crippen LogP) is 2.29. The normalized spacial score (nSPS) is 13.8. The van der Waals surface area contributed by atoms with Crippen LogP contribution in [0.15, 0.2) is 0 Å². The Morgan fingerprint density at radius 2 is 2.08 bits per heavy atom. The van der Waals surface area contributed by atoms with Gasteiger partial charge in [0.1, 0.15) is 0 Å². The molecule has 0 aliphatic rings. The molecule has 0 aliphatic carbocycles. The molecule has 0 saturated heterocycles. The average Bonchev–Trinajstić information content (AvgIpc) is 1.80. The van der Waals surface area contributed by atoms with Gasteiger partial charge in [0, 0.05) is 0 Å². The number of ether oxygens (including phenoxy) is 2. The van der Waals surface area contributed by atoms with Crippen molar-refractivity contribution in [2.24, 2.45) is 0 Å². The van der Waals surface area contributed by atoms with E-state index in [1.54, 1.807) is 0 Å². The van der Waals surface area contributed by atoms with Crippen LogP contribution in [0.4, 0.5) is 18.0 Å². The van der Waals surface area contributed by atoms with Crippen molar-refractivity contribution in [2.45, 2.75) is 18.7 Å². The van der Waals surface area contributed by atoms with Gasteiger partial charge < -0.3 is 9.47 Å². The smallest absolute Gasteiger partial charge is 0.425 e. The summed E-state index contributed by atoms with van der Waals surface area (Å²) in [6.07, 6.45) is -5.98. The van der Waals surface area contributed by atoms with Gasteiger partial charge in [0.15, 0.2) is 12.2 Å². The van der Waals surface area contributed by atoms with Gasteiger partial charge in [-0.15, -0.1) is 0 Å². The van der Waals surface area contributed by atoms with Crippen LogP contribution in [0.2, 0.25) is 0 Å². The van der Waals surface area contributed by atoms with Gasteiger partial charge in [-0.05, 0) is 6.92 Å². The van der Waals surface area contributed by atoms with E-state index in [-0.39, 0.29) is 0 Å². The number of alkyl halides is 4. The van der Waals surface area contributed by atoms with Gasteiger partial charge >= 0.3 is 12.3 Å². The van der Waals surface area contributed by atoms with Crippen molar-refractivity contribution in [3.05, 3.63) is 0 Å². The third-order valence-corrected chi connectivity index (χ3v) is 0.701. The Kier molecular flexibility index (Phi) is 4.16. The molecule has 0 aromatic rings. The monoisotopic (exact) mass is 206 g/mol. The van der Waals surface area contributed by atoms with Gasteiger partial charge in [-0.25, -0.2) is 4.79 Å². The van der Waals surface area contributed by atoms with Crippen LogP contribution >= 0.6 is 11.6 Å². The van der Waals surface area contributed by atoms with Crippen molar-refractivity contribution in [1.29, 1.82) is 0 Å². The largest absolute Gasteiger partial charge is 0.510 e. The Labute approximate surface area is 71.4 Å². The fraction of sp³-hybridized carbons (Fsp3) is 0.800. The van der Waals surface area contributed by atoms with Crippen LogP contribution in [-0.2, 0) is 9.47 Å². The molecule has 3 nitrogen and oxygen atoms in total. The number of rotatable bonds is 2. The minimum atomic E-state index is -4.55. The number of hydrogen-bond acceptors (Lipinski definition) is 3. The number of halogens is 4. The summed E-state index contributed by atoms with van der Waals surface area (Å²) in [5, 5.41) is 0. The molecule has 12 heavy (non-hydrogen) atoms. The maximum atomic E-state index is 11.4. The minimum absolute atomic E-state index is 1.01. The fourth-order valence-corrected chi connectivity index (χ4v) is 0.380. The lowest BCUT2D eigenvalue weighted by atomic mass is 10.7. The van der Waals surface area contributed by atoms with Gasteiger partial charge in [-0.3, -0.25) is 0 Å². The minimum Gasteiger partial charge on any atom is -0.425 e. The van der Waals surface area contributed by atoms with Gasteiger partial charge in [-0.2, -0.15) is 13.2 Å². The molecule has 7 heteroatoms. The van der Waals surface area contributed by atoms with Crippen molar-refractivity contribution >= 4 is 17.8 Å². The van der Waals surface area contributed by atoms with E-state index >= 15 is 0 Å². The van der Waals surface area contributed by atoms with E-state index in [0.717, 1.165) is 0 Å². The fourth-order valence-electron chi connectivity index (χ4n) is 0.307. The molecule has 0 heterocycles. The first-order valence-corrected chi connectivity index (χ1v) is 3.29. The molecular formula is C5H6ClF3O3. The van der Waals surface area contributed by atoms with Gasteiger partial charge in [-0.1, -0.05) is 11.6 Å². The van der Waals surface area contributed by atoms with Crippen LogP contribution in [0.3, 0.4) is 0 Å². The van der Waals surface area contributed by atoms with Gasteiger partial charge in [0.25, 0.3) is 0 Å². The summed E-state index contributed by atoms with van der Waals surface area (Å²) in [6.45, 7) is -0.397. The Hall–Kier alpha value is -0.650. The summed E-state index contributed by atoms with van der Waals surface area (Å²) in [6, 6.07) is 0. The van der Waals surface area contributed by atoms with Crippen molar-refractivity contribution in [3.8, 4) is 0 Å². The summed E-state index contributed by atoms with van der Waals surface area (Å²) in [5.74, 6) is 0. The molecule has 0 rings (SSSR count). The maximum absolute atomic E-state index is 11.4. The Balaban J connectivity index is 3.58. The molecule has 0 amide bonds. The van der Waals surface area contributed by atoms with Crippen LogP contribution in [0.1, 0.15) is 6.92 Å². The summed E-state index contributed by atoms with van der Waals surface area (Å²) in [7, 11) is 0. The average molecular weight is 207 g/mol. The highest BCUT2D eigenvalue weighted by atomic mass is 35.5. The van der Waals surface area contributed by atoms with Crippen LogP contribution in [-0.4, -0.2) is 24.5 Å². The van der Waals surface area contributed by atoms with E-state index in [1.165, 1.54) is 6.92 Å². The molecule has 0 bridgehead atoms. The van der Waals surface area contributed by atoms with E-state index in [1.807, 2.05) is 0 Å². The first-order chi connectivity index (χ1) is 5.31. The molecule has 0 aromatic heterocycles. The molecule has 0 saturated carbocycles. The molecule has 0 radical (unpaired) electrons. The summed E-state index contributed by atoms with van der Waals surface area (Å²) >= 11 is 5.12. The quantitative estimate of drug-likeness (QED) is 0.514. The Morgan fingerprint density at radius 3 is 2.42 bits per heavy atom. The van der Waals surface area contributed by atoms with E-state index in [2.05, 4.69) is 9.47 Å². The zero-order valence-corrected chi connectivity index (χ0v) is 6.78. The molecule has 1 unspecified atom stereocenters. The van der Waals surface area contributed by atoms with Crippen LogP contribution in [0, 0.1) is 0 Å². The standard InChI is InChI=1S/C5H6ClF3O3/c1-3(6)12-4(10)11-2-5(7,8)9/h3H,2H2,1H3. The highest BCUT2D eigenvalue weighted by Gasteiger charge is 2.30. The van der Waals surface area contributed by atoms with E-state index in [4.69, 9.17) is 11.6 Å². The SMILES string of the molecule is CC(Cl)OC(=O)OCC(F)(F)F.